The Morgan fingerprint density at radius 2 is 1.91 bits per heavy atom. The summed E-state index contributed by atoms with van der Waals surface area (Å²) in [6.07, 6.45) is 6.56. The average Bonchev–Trinajstić information content (AvgIpc) is 2.05. The fraction of sp³-hybridized carbons (Fsp3) is 0.143. The third-order valence-corrected chi connectivity index (χ3v) is 1.36. The van der Waals surface area contributed by atoms with Gasteiger partial charge in [-0.05, 0) is 16.8 Å². The van der Waals surface area contributed by atoms with Crippen LogP contribution < -0.4 is 0 Å². The van der Waals surface area contributed by atoms with E-state index in [4.69, 9.17) is 5.41 Å². The molecule has 0 atom stereocenters. The summed E-state index contributed by atoms with van der Waals surface area (Å²) in [5, 5.41) is 9.87. The Balaban J connectivity index is 2.96. The van der Waals surface area contributed by atoms with E-state index in [0.29, 0.717) is 11.4 Å². The monoisotopic (exact) mass is 150 g/mol. The van der Waals surface area contributed by atoms with E-state index in [1.54, 1.807) is 31.4 Å². The highest BCUT2D eigenvalue weighted by atomic mass is 16.3. The van der Waals surface area contributed by atoms with Gasteiger partial charge in [0.25, 0.3) is 0 Å². The van der Waals surface area contributed by atoms with E-state index in [1.807, 2.05) is 0 Å². The number of rotatable bonds is 1. The van der Waals surface area contributed by atoms with Gasteiger partial charge in [-0.2, -0.15) is 0 Å². The molecule has 4 nitrogen and oxygen atoms in total. The number of nitrogens with zero attached hydrogens (tertiary/aromatic N) is 2. The van der Waals surface area contributed by atoms with E-state index >= 15 is 0 Å². The molecule has 1 N–H and O–H groups in total. The van der Waals surface area contributed by atoms with Gasteiger partial charge < -0.3 is 5.41 Å². The van der Waals surface area contributed by atoms with Crippen LogP contribution in [0.3, 0.4) is 0 Å². The Hall–Kier alpha value is -1.58. The number of hydrogen-bond donors (Lipinski definition) is 1. The summed E-state index contributed by atoms with van der Waals surface area (Å²) in [5.41, 5.74) is 1.11. The predicted molar refractivity (Wildman–Crippen MR) is 43.0 cm³/mol. The van der Waals surface area contributed by atoms with E-state index in [-0.39, 0.29) is 0 Å². The molecule has 0 aromatic rings. The van der Waals surface area contributed by atoms with E-state index in [0.717, 1.165) is 0 Å². The largest absolute Gasteiger partial charge is 0.301 e. The third kappa shape index (κ3) is 1.67. The Labute approximate surface area is 64.0 Å². The number of allylic oxidation sites excluding steroid dienone is 4. The first-order valence-electron chi connectivity index (χ1n) is 3.12. The van der Waals surface area contributed by atoms with Gasteiger partial charge >= 0.3 is 0 Å². The molecule has 0 aromatic carbocycles. The maximum absolute atomic E-state index is 10.0. The summed E-state index contributed by atoms with van der Waals surface area (Å²) in [6.45, 7) is 0. The summed E-state index contributed by atoms with van der Waals surface area (Å²) in [4.78, 5) is 10.0. The summed E-state index contributed by atoms with van der Waals surface area (Å²) < 4.78 is 1.21. The van der Waals surface area contributed by atoms with Crippen LogP contribution in [0, 0.1) is 10.3 Å². The van der Waals surface area contributed by atoms with Crippen molar-refractivity contribution in [2.45, 2.75) is 0 Å². The van der Waals surface area contributed by atoms with E-state index in [9.17, 15) is 4.91 Å². The van der Waals surface area contributed by atoms with Crippen molar-refractivity contribution in [3.63, 3.8) is 0 Å². The fourth-order valence-electron chi connectivity index (χ4n) is 0.724. The van der Waals surface area contributed by atoms with Crippen LogP contribution in [0.4, 0.5) is 0 Å². The molecule has 1 aliphatic rings. The minimum Gasteiger partial charge on any atom is -0.301 e. The quantitative estimate of drug-likeness (QED) is 0.257. The highest BCUT2D eigenvalue weighted by molar-refractivity contribution is 6.15. The van der Waals surface area contributed by atoms with Crippen LogP contribution in [-0.2, 0) is 0 Å². The molecule has 1 rings (SSSR count). The second-order valence-electron chi connectivity index (χ2n) is 2.15. The van der Waals surface area contributed by atoms with Crippen molar-refractivity contribution >= 4 is 11.4 Å². The Kier molecular flexibility index (Phi) is 2.06. The molecule has 0 saturated carbocycles. The van der Waals surface area contributed by atoms with Crippen LogP contribution in [0.25, 0.3) is 0 Å². The molecule has 56 valence electrons. The Bertz CT molecular complexity index is 268. The molecular formula is C7H8N3O+. The molecule has 0 radical (unpaired) electrons. The van der Waals surface area contributed by atoms with Crippen LogP contribution in [0.1, 0.15) is 0 Å². The van der Waals surface area contributed by atoms with Crippen molar-refractivity contribution in [1.29, 1.82) is 5.41 Å². The molecule has 0 aromatic heterocycles. The van der Waals surface area contributed by atoms with Gasteiger partial charge in [0.15, 0.2) is 7.05 Å². The zero-order valence-electron chi connectivity index (χ0n) is 6.11. The second-order valence-corrected chi connectivity index (χ2v) is 2.15. The zero-order valence-corrected chi connectivity index (χ0v) is 6.11. The maximum atomic E-state index is 10.0. The van der Waals surface area contributed by atoms with E-state index < -0.39 is 0 Å². The van der Waals surface area contributed by atoms with Crippen molar-refractivity contribution in [2.24, 2.45) is 5.29 Å². The Morgan fingerprint density at radius 3 is 2.36 bits per heavy atom. The van der Waals surface area contributed by atoms with Crippen molar-refractivity contribution < 1.29 is 4.68 Å². The Morgan fingerprint density at radius 1 is 1.36 bits per heavy atom. The van der Waals surface area contributed by atoms with Gasteiger partial charge in [0, 0.05) is 12.2 Å². The predicted octanol–water partition coefficient (Wildman–Crippen LogP) is 0.897. The lowest BCUT2D eigenvalue weighted by Gasteiger charge is -1.93. The van der Waals surface area contributed by atoms with Crippen LogP contribution in [0.5, 0.6) is 0 Å². The summed E-state index contributed by atoms with van der Waals surface area (Å²) >= 11 is 0. The second kappa shape index (κ2) is 3.01. The standard InChI is InChI=1S/C7H8N3O/c1-10(9-11)7-4-2-6(8)3-5-7/h2-5,8H,1H3/q+1. The summed E-state index contributed by atoms with van der Waals surface area (Å²) in [5.74, 6) is 0. The van der Waals surface area contributed by atoms with Crippen molar-refractivity contribution in [3.8, 4) is 0 Å². The molecule has 0 saturated heterocycles. The van der Waals surface area contributed by atoms with E-state index in [2.05, 4.69) is 5.29 Å². The van der Waals surface area contributed by atoms with Gasteiger partial charge in [0.1, 0.15) is 0 Å². The molecule has 1 aliphatic carbocycles. The SMILES string of the molecule is C[N+](N=O)=C1C=CC(=N)C=C1. The van der Waals surface area contributed by atoms with Gasteiger partial charge in [-0.15, -0.1) is 0 Å². The summed E-state index contributed by atoms with van der Waals surface area (Å²) in [7, 11) is 1.56. The van der Waals surface area contributed by atoms with E-state index in [1.165, 1.54) is 4.68 Å². The van der Waals surface area contributed by atoms with Crippen LogP contribution >= 0.6 is 0 Å². The molecule has 0 spiro atoms. The lowest BCUT2D eigenvalue weighted by Crippen LogP contribution is -2.10. The molecule has 0 fully saturated rings. The van der Waals surface area contributed by atoms with Gasteiger partial charge in [-0.1, -0.05) is 4.91 Å². The molecule has 0 bridgehead atoms. The average molecular weight is 150 g/mol. The molecule has 0 aliphatic heterocycles. The number of hydrogen-bond acceptors (Lipinski definition) is 3. The van der Waals surface area contributed by atoms with Gasteiger partial charge in [-0.3, -0.25) is 0 Å². The molecule has 0 amide bonds. The minimum absolute atomic E-state index is 0.424. The topological polar surface area (TPSA) is 56.3 Å². The summed E-state index contributed by atoms with van der Waals surface area (Å²) in [6, 6.07) is 0. The highest BCUT2D eigenvalue weighted by Crippen LogP contribution is 1.95. The molecular weight excluding hydrogens is 142 g/mol. The van der Waals surface area contributed by atoms with Crippen molar-refractivity contribution in [1.82, 2.24) is 0 Å². The molecule has 4 heteroatoms. The van der Waals surface area contributed by atoms with Crippen LogP contribution in [0.2, 0.25) is 0 Å². The minimum atomic E-state index is 0.424. The normalized spacial score (nSPS) is 15.4. The van der Waals surface area contributed by atoms with Gasteiger partial charge in [0.05, 0.1) is 5.71 Å². The lowest BCUT2D eigenvalue weighted by molar-refractivity contribution is -0.503. The highest BCUT2D eigenvalue weighted by Gasteiger charge is 2.07. The smallest absolute Gasteiger partial charge is 0.239 e. The van der Waals surface area contributed by atoms with Crippen LogP contribution in [0.15, 0.2) is 29.6 Å². The first kappa shape index (κ1) is 7.53. The molecule has 0 unspecified atom stereocenters. The van der Waals surface area contributed by atoms with Crippen LogP contribution in [-0.4, -0.2) is 23.2 Å². The lowest BCUT2D eigenvalue weighted by atomic mass is 10.1. The fourth-order valence-corrected chi connectivity index (χ4v) is 0.724. The maximum Gasteiger partial charge on any atom is 0.239 e. The van der Waals surface area contributed by atoms with Crippen molar-refractivity contribution in [2.75, 3.05) is 7.05 Å². The van der Waals surface area contributed by atoms with Crippen molar-refractivity contribution in [3.05, 3.63) is 29.2 Å². The molecule has 0 heterocycles. The molecule has 11 heavy (non-hydrogen) atoms. The first-order valence-corrected chi connectivity index (χ1v) is 3.12. The van der Waals surface area contributed by atoms with Gasteiger partial charge in [0.2, 0.25) is 11.0 Å². The number of nitroso groups, excluding NO2 is 1. The zero-order chi connectivity index (χ0) is 8.27. The first-order chi connectivity index (χ1) is 5.24. The third-order valence-electron chi connectivity index (χ3n) is 1.36. The van der Waals surface area contributed by atoms with Gasteiger partial charge in [-0.25, -0.2) is 0 Å². The number of nitrogens with one attached hydrogen (secondary N) is 1.